The molecule has 1 aliphatic carbocycles. The molecule has 32 heavy (non-hydrogen) atoms. The first-order chi connectivity index (χ1) is 15.5. The minimum Gasteiger partial charge on any atom is -0.480 e. The van der Waals surface area contributed by atoms with Crippen LogP contribution in [0.25, 0.3) is 11.1 Å². The number of carbonyl (C=O) groups is 3. The smallest absolute Gasteiger partial charge is 0.413 e. The molecule has 1 aromatic heterocycles. The highest BCUT2D eigenvalue weighted by Crippen LogP contribution is 2.44. The first-order valence-corrected chi connectivity index (χ1v) is 11.0. The number of rotatable bonds is 7. The minimum atomic E-state index is -1.12. The summed E-state index contributed by atoms with van der Waals surface area (Å²) >= 11 is 1.05. The lowest BCUT2D eigenvalue weighted by molar-refractivity contribution is -0.139. The monoisotopic (exact) mass is 451 g/mol. The van der Waals surface area contributed by atoms with Crippen LogP contribution in [0.2, 0.25) is 0 Å². The Morgan fingerprint density at radius 3 is 2.31 bits per heavy atom. The van der Waals surface area contributed by atoms with Gasteiger partial charge in [0.15, 0.2) is 5.13 Å². The summed E-state index contributed by atoms with van der Waals surface area (Å²) in [5.41, 5.74) is 4.53. The third-order valence-electron chi connectivity index (χ3n) is 5.30. The topological polar surface area (TPSA) is 118 Å². The van der Waals surface area contributed by atoms with Crippen LogP contribution in [0.5, 0.6) is 0 Å². The van der Waals surface area contributed by atoms with Gasteiger partial charge in [-0.3, -0.25) is 10.1 Å². The van der Waals surface area contributed by atoms with Gasteiger partial charge in [-0.15, -0.1) is 11.3 Å². The maximum atomic E-state index is 12.3. The fourth-order valence-corrected chi connectivity index (χ4v) is 4.40. The molecule has 0 saturated heterocycles. The fourth-order valence-electron chi connectivity index (χ4n) is 3.73. The van der Waals surface area contributed by atoms with Crippen molar-refractivity contribution < 1.29 is 24.2 Å². The largest absolute Gasteiger partial charge is 0.480 e. The van der Waals surface area contributed by atoms with Crippen molar-refractivity contribution in [2.24, 2.45) is 0 Å². The van der Waals surface area contributed by atoms with E-state index in [-0.39, 0.29) is 29.8 Å². The van der Waals surface area contributed by atoms with E-state index in [1.807, 2.05) is 36.4 Å². The fraction of sp³-hybridized carbons (Fsp3) is 0.217. The molecule has 4 rings (SSSR count). The van der Waals surface area contributed by atoms with Crippen molar-refractivity contribution >= 4 is 34.4 Å². The molecule has 0 aliphatic heterocycles. The number of anilines is 1. The Bertz CT molecular complexity index is 1130. The summed E-state index contributed by atoms with van der Waals surface area (Å²) in [7, 11) is 0. The Morgan fingerprint density at radius 2 is 1.72 bits per heavy atom. The molecule has 1 unspecified atom stereocenters. The lowest BCUT2D eigenvalue weighted by Crippen LogP contribution is -2.40. The standard InChI is InChI=1S/C23H21N3O5S/c1-2-18(21(28)29)24-20(27)19-12-32-22(25-19)26-23(30)31-11-17-15-9-5-3-7-13(15)14-8-4-6-10-16(14)17/h3-10,12,17-18H,2,11H2,1H3,(H,24,27)(H,28,29)(H,25,26,30). The average molecular weight is 452 g/mol. The highest BCUT2D eigenvalue weighted by Gasteiger charge is 2.29. The van der Waals surface area contributed by atoms with E-state index in [1.165, 1.54) is 5.38 Å². The molecular weight excluding hydrogens is 430 g/mol. The molecule has 2 amide bonds. The van der Waals surface area contributed by atoms with Crippen molar-refractivity contribution in [2.45, 2.75) is 25.3 Å². The average Bonchev–Trinajstić information content (AvgIpc) is 3.38. The van der Waals surface area contributed by atoms with Crippen LogP contribution in [-0.2, 0) is 9.53 Å². The molecule has 1 heterocycles. The molecule has 3 N–H and O–H groups in total. The van der Waals surface area contributed by atoms with Gasteiger partial charge >= 0.3 is 12.1 Å². The summed E-state index contributed by atoms with van der Waals surface area (Å²) < 4.78 is 5.47. The molecule has 2 aromatic carbocycles. The molecule has 1 atom stereocenters. The van der Waals surface area contributed by atoms with Crippen molar-refractivity contribution in [3.05, 3.63) is 70.7 Å². The van der Waals surface area contributed by atoms with Crippen molar-refractivity contribution in [2.75, 3.05) is 11.9 Å². The molecule has 0 saturated carbocycles. The normalized spacial score (nSPS) is 13.0. The first kappa shape index (κ1) is 21.5. The first-order valence-electron chi connectivity index (χ1n) is 10.1. The summed E-state index contributed by atoms with van der Waals surface area (Å²) in [6.07, 6.45) is -0.430. The number of amides is 2. The minimum absolute atomic E-state index is 0.0312. The molecule has 9 heteroatoms. The summed E-state index contributed by atoms with van der Waals surface area (Å²) in [5, 5.41) is 15.6. The molecule has 0 bridgehead atoms. The highest BCUT2D eigenvalue weighted by molar-refractivity contribution is 7.14. The molecule has 3 aromatic rings. The van der Waals surface area contributed by atoms with E-state index >= 15 is 0 Å². The summed E-state index contributed by atoms with van der Waals surface area (Å²) in [6, 6.07) is 15.1. The van der Waals surface area contributed by atoms with Crippen LogP contribution in [0.1, 0.15) is 40.9 Å². The van der Waals surface area contributed by atoms with Crippen LogP contribution in [0.15, 0.2) is 53.9 Å². The van der Waals surface area contributed by atoms with Crippen LogP contribution in [0.4, 0.5) is 9.93 Å². The maximum absolute atomic E-state index is 12.3. The predicted molar refractivity (Wildman–Crippen MR) is 120 cm³/mol. The molecule has 0 spiro atoms. The third-order valence-corrected chi connectivity index (χ3v) is 6.06. The second kappa shape index (κ2) is 9.19. The van der Waals surface area contributed by atoms with Gasteiger partial charge in [-0.1, -0.05) is 55.5 Å². The number of fused-ring (bicyclic) bond motifs is 3. The summed E-state index contributed by atoms with van der Waals surface area (Å²) in [4.78, 5) is 39.6. The number of aromatic nitrogens is 1. The highest BCUT2D eigenvalue weighted by atomic mass is 32.1. The van der Waals surface area contributed by atoms with E-state index in [1.54, 1.807) is 6.92 Å². The number of carboxylic acid groups (broad SMARTS) is 1. The third kappa shape index (κ3) is 4.33. The Hall–Kier alpha value is -3.72. The van der Waals surface area contributed by atoms with E-state index < -0.39 is 24.0 Å². The number of benzene rings is 2. The second-order valence-electron chi connectivity index (χ2n) is 7.26. The van der Waals surface area contributed by atoms with Gasteiger partial charge in [0, 0.05) is 11.3 Å². The van der Waals surface area contributed by atoms with Crippen LogP contribution in [0, 0.1) is 0 Å². The number of nitrogens with zero attached hydrogens (tertiary/aromatic N) is 1. The van der Waals surface area contributed by atoms with Crippen molar-refractivity contribution in [1.29, 1.82) is 0 Å². The molecule has 1 aliphatic rings. The number of aliphatic carboxylic acids is 1. The van der Waals surface area contributed by atoms with E-state index in [9.17, 15) is 14.4 Å². The lowest BCUT2D eigenvalue weighted by atomic mass is 9.98. The van der Waals surface area contributed by atoms with Crippen molar-refractivity contribution in [3.63, 3.8) is 0 Å². The van der Waals surface area contributed by atoms with Gasteiger partial charge in [-0.05, 0) is 28.7 Å². The van der Waals surface area contributed by atoms with E-state index in [4.69, 9.17) is 9.84 Å². The van der Waals surface area contributed by atoms with Crippen LogP contribution in [0.3, 0.4) is 0 Å². The number of ether oxygens (including phenoxy) is 1. The Morgan fingerprint density at radius 1 is 1.09 bits per heavy atom. The van der Waals surface area contributed by atoms with E-state index in [0.29, 0.717) is 0 Å². The zero-order valence-corrected chi connectivity index (χ0v) is 18.0. The van der Waals surface area contributed by atoms with Gasteiger partial charge in [-0.25, -0.2) is 14.6 Å². The van der Waals surface area contributed by atoms with Crippen LogP contribution in [-0.4, -0.2) is 40.7 Å². The van der Waals surface area contributed by atoms with Crippen LogP contribution < -0.4 is 10.6 Å². The van der Waals surface area contributed by atoms with Gasteiger partial charge in [0.1, 0.15) is 18.3 Å². The Labute approximate surface area is 188 Å². The maximum Gasteiger partial charge on any atom is 0.413 e. The summed E-state index contributed by atoms with van der Waals surface area (Å²) in [6.45, 7) is 1.82. The van der Waals surface area contributed by atoms with Gasteiger partial charge in [-0.2, -0.15) is 0 Å². The van der Waals surface area contributed by atoms with Crippen molar-refractivity contribution in [3.8, 4) is 11.1 Å². The van der Waals surface area contributed by atoms with Gasteiger partial charge in [0.05, 0.1) is 0 Å². The number of carbonyl (C=O) groups excluding carboxylic acids is 2. The summed E-state index contributed by atoms with van der Waals surface area (Å²) in [5.74, 6) is -1.79. The lowest BCUT2D eigenvalue weighted by Gasteiger charge is -2.14. The number of thiazole rings is 1. The Balaban J connectivity index is 1.37. The van der Waals surface area contributed by atoms with Gasteiger partial charge in [0.25, 0.3) is 5.91 Å². The Kier molecular flexibility index (Phi) is 6.18. The number of hydrogen-bond acceptors (Lipinski definition) is 6. The molecule has 0 fully saturated rings. The van der Waals surface area contributed by atoms with E-state index in [2.05, 4.69) is 27.8 Å². The number of hydrogen-bond donors (Lipinski definition) is 3. The van der Waals surface area contributed by atoms with Gasteiger partial charge in [0.2, 0.25) is 0 Å². The number of carboxylic acids is 1. The zero-order chi connectivity index (χ0) is 22.7. The predicted octanol–water partition coefficient (Wildman–Crippen LogP) is 4.10. The molecular formula is C23H21N3O5S. The van der Waals surface area contributed by atoms with Crippen molar-refractivity contribution in [1.82, 2.24) is 10.3 Å². The second-order valence-corrected chi connectivity index (χ2v) is 8.12. The van der Waals surface area contributed by atoms with Crippen LogP contribution >= 0.6 is 11.3 Å². The zero-order valence-electron chi connectivity index (χ0n) is 17.2. The number of nitrogens with one attached hydrogen (secondary N) is 2. The quantitative estimate of drug-likeness (QED) is 0.498. The SMILES string of the molecule is CCC(NC(=O)c1csc(NC(=O)OCC2c3ccccc3-c3ccccc32)n1)C(=O)O. The molecule has 164 valence electrons. The van der Waals surface area contributed by atoms with E-state index in [0.717, 1.165) is 33.6 Å². The molecule has 8 nitrogen and oxygen atoms in total. The molecule has 0 radical (unpaired) electrons. The van der Waals surface area contributed by atoms with Gasteiger partial charge < -0.3 is 15.2 Å².